The third-order valence-electron chi connectivity index (χ3n) is 0.760. The molecule has 58 valence electrons. The van der Waals surface area contributed by atoms with Gasteiger partial charge in [-0.1, -0.05) is 25.6 Å². The van der Waals surface area contributed by atoms with E-state index in [4.69, 9.17) is 16.7 Å². The lowest BCUT2D eigenvalue weighted by molar-refractivity contribution is 0.256. The van der Waals surface area contributed by atoms with E-state index >= 15 is 0 Å². The summed E-state index contributed by atoms with van der Waals surface area (Å²) in [6.07, 6.45) is -0.645. The first-order valence-corrected chi connectivity index (χ1v) is 7.26. The summed E-state index contributed by atoms with van der Waals surface area (Å²) in [5.41, 5.74) is 3.03. The van der Waals surface area contributed by atoms with Crippen LogP contribution < -0.4 is 0 Å². The first kappa shape index (κ1) is 10.0. The van der Waals surface area contributed by atoms with Crippen molar-refractivity contribution in [2.45, 2.75) is 25.7 Å². The van der Waals surface area contributed by atoms with Gasteiger partial charge in [0, 0.05) is 0 Å². The standard InChI is InChI=1S/C7H13ClOSi/c1-10(2,3)5-4-7(9)6-8/h7,9H,6H2,1-3H3/t7-/m0/s1. The summed E-state index contributed by atoms with van der Waals surface area (Å²) in [5.74, 6) is 2.91. The van der Waals surface area contributed by atoms with Gasteiger partial charge in [-0.3, -0.25) is 0 Å². The zero-order chi connectivity index (χ0) is 8.20. The Bertz CT molecular complexity index is 151. The fourth-order valence-corrected chi connectivity index (χ4v) is 1.02. The van der Waals surface area contributed by atoms with E-state index < -0.39 is 14.2 Å². The number of halogens is 1. The SMILES string of the molecule is C[Si](C)(C)C#C[C@H](O)CCl. The van der Waals surface area contributed by atoms with Crippen LogP contribution in [-0.4, -0.2) is 25.2 Å². The van der Waals surface area contributed by atoms with Gasteiger partial charge in [0.05, 0.1) is 5.88 Å². The predicted molar refractivity (Wildman–Crippen MR) is 47.8 cm³/mol. The molecule has 1 atom stereocenters. The summed E-state index contributed by atoms with van der Waals surface area (Å²) in [6.45, 7) is 6.38. The van der Waals surface area contributed by atoms with Gasteiger partial charge < -0.3 is 5.11 Å². The van der Waals surface area contributed by atoms with E-state index in [0.29, 0.717) is 0 Å². The molecule has 0 saturated heterocycles. The second kappa shape index (κ2) is 4.02. The summed E-state index contributed by atoms with van der Waals surface area (Å²) >= 11 is 5.34. The molecule has 0 aromatic carbocycles. The molecule has 0 heterocycles. The zero-order valence-corrected chi connectivity index (χ0v) is 8.37. The maximum absolute atomic E-state index is 8.94. The summed E-state index contributed by atoms with van der Waals surface area (Å²) in [4.78, 5) is 0. The molecule has 1 nitrogen and oxygen atoms in total. The second-order valence-electron chi connectivity index (χ2n) is 3.19. The molecule has 0 aromatic heterocycles. The van der Waals surface area contributed by atoms with Gasteiger partial charge in [0.1, 0.15) is 14.2 Å². The molecule has 1 N–H and O–H groups in total. The van der Waals surface area contributed by atoms with Crippen LogP contribution in [0.5, 0.6) is 0 Å². The van der Waals surface area contributed by atoms with E-state index in [1.807, 2.05) is 0 Å². The molecule has 0 aromatic rings. The first-order valence-electron chi connectivity index (χ1n) is 3.22. The maximum atomic E-state index is 8.94. The van der Waals surface area contributed by atoms with Gasteiger partial charge in [-0.15, -0.1) is 17.1 Å². The Labute approximate surface area is 68.4 Å². The van der Waals surface area contributed by atoms with Crippen LogP contribution in [0.25, 0.3) is 0 Å². The Hall–Kier alpha value is 0.0269. The zero-order valence-electron chi connectivity index (χ0n) is 6.61. The van der Waals surface area contributed by atoms with Gasteiger partial charge in [0.15, 0.2) is 0 Å². The van der Waals surface area contributed by atoms with E-state index in [2.05, 4.69) is 31.1 Å². The predicted octanol–water partition coefficient (Wildman–Crippen LogP) is 1.47. The number of rotatable bonds is 1. The van der Waals surface area contributed by atoms with E-state index in [1.54, 1.807) is 0 Å². The van der Waals surface area contributed by atoms with Gasteiger partial charge in [0.25, 0.3) is 0 Å². The van der Waals surface area contributed by atoms with Crippen LogP contribution in [0.2, 0.25) is 19.6 Å². The molecule has 0 radical (unpaired) electrons. The van der Waals surface area contributed by atoms with Crippen LogP contribution in [0.15, 0.2) is 0 Å². The Morgan fingerprint density at radius 2 is 2.00 bits per heavy atom. The van der Waals surface area contributed by atoms with Crippen molar-refractivity contribution in [3.05, 3.63) is 0 Å². The highest BCUT2D eigenvalue weighted by atomic mass is 35.5. The number of alkyl halides is 1. The minimum absolute atomic E-state index is 0.206. The quantitative estimate of drug-likeness (QED) is 0.365. The molecule has 0 rings (SSSR count). The molecule has 0 spiro atoms. The highest BCUT2D eigenvalue weighted by Crippen LogP contribution is 1.97. The number of hydrogen-bond donors (Lipinski definition) is 1. The van der Waals surface area contributed by atoms with E-state index in [-0.39, 0.29) is 5.88 Å². The van der Waals surface area contributed by atoms with Crippen molar-refractivity contribution in [3.8, 4) is 11.5 Å². The lowest BCUT2D eigenvalue weighted by Crippen LogP contribution is -2.18. The second-order valence-corrected chi connectivity index (χ2v) is 8.25. The van der Waals surface area contributed by atoms with E-state index in [0.717, 1.165) is 0 Å². The van der Waals surface area contributed by atoms with Gasteiger partial charge in [-0.05, 0) is 0 Å². The fraction of sp³-hybridized carbons (Fsp3) is 0.714. The molecule has 0 saturated carbocycles. The lowest BCUT2D eigenvalue weighted by atomic mass is 10.4. The minimum Gasteiger partial charge on any atom is -0.379 e. The molecular formula is C7H13ClOSi. The van der Waals surface area contributed by atoms with Crippen molar-refractivity contribution >= 4 is 19.7 Å². The van der Waals surface area contributed by atoms with Crippen molar-refractivity contribution in [1.82, 2.24) is 0 Å². The average Bonchev–Trinajstić information content (AvgIpc) is 1.81. The first-order chi connectivity index (χ1) is 4.45. The Balaban J connectivity index is 3.91. The maximum Gasteiger partial charge on any atom is 0.129 e. The van der Waals surface area contributed by atoms with Crippen molar-refractivity contribution in [2.75, 3.05) is 5.88 Å². The monoisotopic (exact) mass is 176 g/mol. The van der Waals surface area contributed by atoms with Crippen LogP contribution in [0.1, 0.15) is 0 Å². The van der Waals surface area contributed by atoms with Crippen LogP contribution in [-0.2, 0) is 0 Å². The topological polar surface area (TPSA) is 20.2 Å². The number of hydrogen-bond acceptors (Lipinski definition) is 1. The summed E-state index contributed by atoms with van der Waals surface area (Å²) in [6, 6.07) is 0. The van der Waals surface area contributed by atoms with Gasteiger partial charge >= 0.3 is 0 Å². The third-order valence-corrected chi connectivity index (χ3v) is 1.95. The molecule has 0 unspecified atom stereocenters. The highest BCUT2D eigenvalue weighted by molar-refractivity contribution is 6.83. The van der Waals surface area contributed by atoms with Crippen molar-refractivity contribution in [1.29, 1.82) is 0 Å². The van der Waals surface area contributed by atoms with E-state index in [1.165, 1.54) is 0 Å². The molecule has 0 aliphatic heterocycles. The molecule has 0 aliphatic rings. The molecular weight excluding hydrogens is 164 g/mol. The van der Waals surface area contributed by atoms with Gasteiger partial charge in [0.2, 0.25) is 0 Å². The van der Waals surface area contributed by atoms with Crippen molar-refractivity contribution in [3.63, 3.8) is 0 Å². The Kier molecular flexibility index (Phi) is 4.03. The molecule has 0 aliphatic carbocycles. The van der Waals surface area contributed by atoms with E-state index in [9.17, 15) is 0 Å². The summed E-state index contributed by atoms with van der Waals surface area (Å²) in [5, 5.41) is 8.94. The summed E-state index contributed by atoms with van der Waals surface area (Å²) < 4.78 is 0. The molecule has 0 fully saturated rings. The third kappa shape index (κ3) is 6.15. The van der Waals surface area contributed by atoms with Crippen molar-refractivity contribution in [2.24, 2.45) is 0 Å². The van der Waals surface area contributed by atoms with Crippen molar-refractivity contribution < 1.29 is 5.11 Å². The smallest absolute Gasteiger partial charge is 0.129 e. The van der Waals surface area contributed by atoms with Crippen LogP contribution in [0.3, 0.4) is 0 Å². The Morgan fingerprint density at radius 1 is 1.50 bits per heavy atom. The Morgan fingerprint density at radius 3 is 2.30 bits per heavy atom. The highest BCUT2D eigenvalue weighted by Gasteiger charge is 2.08. The number of aliphatic hydroxyl groups is 1. The van der Waals surface area contributed by atoms with Crippen LogP contribution >= 0.6 is 11.6 Å². The van der Waals surface area contributed by atoms with Gasteiger partial charge in [-0.25, -0.2) is 0 Å². The molecule has 3 heteroatoms. The fourth-order valence-electron chi connectivity index (χ4n) is 0.338. The minimum atomic E-state index is -1.32. The van der Waals surface area contributed by atoms with Gasteiger partial charge in [-0.2, -0.15) is 0 Å². The van der Waals surface area contributed by atoms with Crippen LogP contribution in [0.4, 0.5) is 0 Å². The number of aliphatic hydroxyl groups excluding tert-OH is 1. The molecule has 0 amide bonds. The van der Waals surface area contributed by atoms with Crippen LogP contribution in [0, 0.1) is 11.5 Å². The molecule has 0 bridgehead atoms. The summed E-state index contributed by atoms with van der Waals surface area (Å²) in [7, 11) is -1.32. The largest absolute Gasteiger partial charge is 0.379 e. The molecule has 10 heavy (non-hydrogen) atoms. The normalized spacial score (nSPS) is 13.7. The lowest BCUT2D eigenvalue weighted by Gasteiger charge is -2.04. The average molecular weight is 177 g/mol.